The molecule has 29 heavy (non-hydrogen) atoms. The first-order chi connectivity index (χ1) is 14.3. The van der Waals surface area contributed by atoms with E-state index in [1.165, 1.54) is 12.8 Å². The predicted molar refractivity (Wildman–Crippen MR) is 111 cm³/mol. The standard InChI is InChI=1S/C24H23N3O2/c25-16-18-8-1-2-9-19(18)20-10-3-4-11-21(20)24(28)26-17-22(23-12-7-15-29-23)27-13-5-6-14-27/h1-4,7-12,15,22H,5-6,13-14,17H2,(H,26,28). The van der Waals surface area contributed by atoms with Crippen LogP contribution in [-0.4, -0.2) is 30.4 Å². The molecule has 1 amide bonds. The van der Waals surface area contributed by atoms with Crippen molar-refractivity contribution in [3.63, 3.8) is 0 Å². The van der Waals surface area contributed by atoms with Crippen LogP contribution < -0.4 is 5.32 Å². The molecule has 0 aliphatic carbocycles. The van der Waals surface area contributed by atoms with E-state index >= 15 is 0 Å². The SMILES string of the molecule is N#Cc1ccccc1-c1ccccc1C(=O)NCC(c1ccco1)N1CCCC1. The van der Waals surface area contributed by atoms with Crippen LogP contribution >= 0.6 is 0 Å². The van der Waals surface area contributed by atoms with Crippen LogP contribution in [0, 0.1) is 11.3 Å². The Hall–Kier alpha value is -3.36. The van der Waals surface area contributed by atoms with E-state index in [-0.39, 0.29) is 11.9 Å². The Morgan fingerprint density at radius 2 is 1.76 bits per heavy atom. The monoisotopic (exact) mass is 385 g/mol. The number of carbonyl (C=O) groups is 1. The lowest BCUT2D eigenvalue weighted by Crippen LogP contribution is -2.36. The molecule has 1 fully saturated rings. The first-order valence-electron chi connectivity index (χ1n) is 9.92. The number of carbonyl (C=O) groups excluding carboxylic acids is 1. The van der Waals surface area contributed by atoms with E-state index in [0.29, 0.717) is 17.7 Å². The Balaban J connectivity index is 1.57. The summed E-state index contributed by atoms with van der Waals surface area (Å²) in [7, 11) is 0. The van der Waals surface area contributed by atoms with E-state index in [0.717, 1.165) is 30.0 Å². The van der Waals surface area contributed by atoms with Gasteiger partial charge in [-0.3, -0.25) is 9.69 Å². The molecule has 5 heteroatoms. The second kappa shape index (κ2) is 8.76. The lowest BCUT2D eigenvalue weighted by molar-refractivity contribution is 0.0934. The first-order valence-corrected chi connectivity index (χ1v) is 9.92. The molecular weight excluding hydrogens is 362 g/mol. The fourth-order valence-corrected chi connectivity index (χ4v) is 3.96. The summed E-state index contributed by atoms with van der Waals surface area (Å²) in [5.41, 5.74) is 2.65. The van der Waals surface area contributed by atoms with Gasteiger partial charge >= 0.3 is 0 Å². The van der Waals surface area contributed by atoms with Crippen LogP contribution in [0.5, 0.6) is 0 Å². The summed E-state index contributed by atoms with van der Waals surface area (Å²) in [6.45, 7) is 2.49. The number of hydrogen-bond donors (Lipinski definition) is 1. The third-order valence-corrected chi connectivity index (χ3v) is 5.42. The molecule has 5 nitrogen and oxygen atoms in total. The van der Waals surface area contributed by atoms with Crippen LogP contribution in [0.2, 0.25) is 0 Å². The topological polar surface area (TPSA) is 69.3 Å². The minimum atomic E-state index is -0.149. The average molecular weight is 385 g/mol. The molecule has 2 heterocycles. The molecule has 1 saturated heterocycles. The summed E-state index contributed by atoms with van der Waals surface area (Å²) in [5, 5.41) is 12.5. The summed E-state index contributed by atoms with van der Waals surface area (Å²) < 4.78 is 5.64. The van der Waals surface area contributed by atoms with Crippen molar-refractivity contribution in [2.24, 2.45) is 0 Å². The van der Waals surface area contributed by atoms with Gasteiger partial charge in [0.15, 0.2) is 0 Å². The van der Waals surface area contributed by atoms with Crippen molar-refractivity contribution in [2.75, 3.05) is 19.6 Å². The zero-order valence-electron chi connectivity index (χ0n) is 16.2. The second-order valence-electron chi connectivity index (χ2n) is 7.19. The lowest BCUT2D eigenvalue weighted by atomic mass is 9.95. The average Bonchev–Trinajstić information content (AvgIpc) is 3.49. The lowest BCUT2D eigenvalue weighted by Gasteiger charge is -2.26. The molecule has 1 aromatic heterocycles. The Labute approximate surface area is 170 Å². The van der Waals surface area contributed by atoms with E-state index in [1.807, 2.05) is 48.5 Å². The fraction of sp³-hybridized carbons (Fsp3) is 0.250. The third-order valence-electron chi connectivity index (χ3n) is 5.42. The van der Waals surface area contributed by atoms with Gasteiger partial charge in [-0.2, -0.15) is 5.26 Å². The zero-order chi connectivity index (χ0) is 20.1. The van der Waals surface area contributed by atoms with Gasteiger partial charge in [-0.1, -0.05) is 36.4 Å². The molecule has 1 N–H and O–H groups in total. The molecule has 0 radical (unpaired) electrons. The molecule has 146 valence electrons. The molecule has 1 aliphatic rings. The highest BCUT2D eigenvalue weighted by molar-refractivity contribution is 6.01. The van der Waals surface area contributed by atoms with Gasteiger partial charge in [-0.25, -0.2) is 0 Å². The van der Waals surface area contributed by atoms with Crippen LogP contribution in [0.15, 0.2) is 71.3 Å². The van der Waals surface area contributed by atoms with E-state index in [4.69, 9.17) is 4.42 Å². The van der Waals surface area contributed by atoms with Crippen molar-refractivity contribution in [1.29, 1.82) is 5.26 Å². The molecular formula is C24H23N3O2. The highest BCUT2D eigenvalue weighted by Crippen LogP contribution is 2.28. The van der Waals surface area contributed by atoms with Gasteiger partial charge in [0.1, 0.15) is 5.76 Å². The number of likely N-dealkylation sites (tertiary alicyclic amines) is 1. The molecule has 0 spiro atoms. The van der Waals surface area contributed by atoms with Crippen molar-refractivity contribution >= 4 is 5.91 Å². The summed E-state index contributed by atoms with van der Waals surface area (Å²) >= 11 is 0. The minimum Gasteiger partial charge on any atom is -0.468 e. The number of nitrogens with zero attached hydrogens (tertiary/aromatic N) is 2. The fourth-order valence-electron chi connectivity index (χ4n) is 3.96. The van der Waals surface area contributed by atoms with Crippen molar-refractivity contribution in [2.45, 2.75) is 18.9 Å². The maximum absolute atomic E-state index is 13.1. The van der Waals surface area contributed by atoms with Crippen molar-refractivity contribution < 1.29 is 9.21 Å². The van der Waals surface area contributed by atoms with Crippen LogP contribution in [0.3, 0.4) is 0 Å². The van der Waals surface area contributed by atoms with Gasteiger partial charge in [-0.15, -0.1) is 0 Å². The van der Waals surface area contributed by atoms with Gasteiger partial charge < -0.3 is 9.73 Å². The van der Waals surface area contributed by atoms with Crippen molar-refractivity contribution in [1.82, 2.24) is 10.2 Å². The normalized spacial score (nSPS) is 15.0. The van der Waals surface area contributed by atoms with Gasteiger partial charge in [-0.05, 0) is 55.8 Å². The van der Waals surface area contributed by atoms with Gasteiger partial charge in [0, 0.05) is 17.7 Å². The second-order valence-corrected chi connectivity index (χ2v) is 7.19. The van der Waals surface area contributed by atoms with E-state index in [2.05, 4.69) is 16.3 Å². The van der Waals surface area contributed by atoms with Gasteiger partial charge in [0.25, 0.3) is 5.91 Å². The minimum absolute atomic E-state index is 0.0232. The number of rotatable bonds is 6. The Morgan fingerprint density at radius 3 is 2.48 bits per heavy atom. The number of furan rings is 1. The Bertz CT molecular complexity index is 1010. The van der Waals surface area contributed by atoms with E-state index in [1.54, 1.807) is 18.4 Å². The highest BCUT2D eigenvalue weighted by Gasteiger charge is 2.26. The highest BCUT2D eigenvalue weighted by atomic mass is 16.3. The maximum atomic E-state index is 13.1. The molecule has 1 aliphatic heterocycles. The third kappa shape index (κ3) is 4.08. The van der Waals surface area contributed by atoms with Crippen molar-refractivity contribution in [3.05, 3.63) is 83.8 Å². The van der Waals surface area contributed by atoms with Crippen LogP contribution in [-0.2, 0) is 0 Å². The number of amides is 1. The summed E-state index contributed by atoms with van der Waals surface area (Å²) in [6, 6.07) is 20.9. The maximum Gasteiger partial charge on any atom is 0.251 e. The van der Waals surface area contributed by atoms with Gasteiger partial charge in [0.2, 0.25) is 0 Å². The van der Waals surface area contributed by atoms with Crippen molar-refractivity contribution in [3.8, 4) is 17.2 Å². The summed E-state index contributed by atoms with van der Waals surface area (Å²) in [5.74, 6) is 0.722. The van der Waals surface area contributed by atoms with E-state index < -0.39 is 0 Å². The molecule has 2 aromatic carbocycles. The quantitative estimate of drug-likeness (QED) is 0.683. The molecule has 1 atom stereocenters. The molecule has 0 bridgehead atoms. The molecule has 1 unspecified atom stereocenters. The summed E-state index contributed by atoms with van der Waals surface area (Å²) in [6.07, 6.45) is 4.01. The number of hydrogen-bond acceptors (Lipinski definition) is 4. The van der Waals surface area contributed by atoms with Gasteiger partial charge in [0.05, 0.1) is 23.9 Å². The molecule has 3 aromatic rings. The Kier molecular flexibility index (Phi) is 5.73. The number of benzene rings is 2. The largest absolute Gasteiger partial charge is 0.468 e. The predicted octanol–water partition coefficient (Wildman–Crippen LogP) is 4.39. The van der Waals surface area contributed by atoms with E-state index in [9.17, 15) is 10.1 Å². The first kappa shape index (κ1) is 19.0. The number of nitrogens with one attached hydrogen (secondary N) is 1. The van der Waals surface area contributed by atoms with Crippen LogP contribution in [0.1, 0.15) is 40.6 Å². The smallest absolute Gasteiger partial charge is 0.251 e. The molecule has 4 rings (SSSR count). The zero-order valence-corrected chi connectivity index (χ0v) is 16.2. The van der Waals surface area contributed by atoms with Crippen LogP contribution in [0.4, 0.5) is 0 Å². The number of nitriles is 1. The Morgan fingerprint density at radius 1 is 1.03 bits per heavy atom. The van der Waals surface area contributed by atoms with Crippen LogP contribution in [0.25, 0.3) is 11.1 Å². The molecule has 0 saturated carbocycles. The summed E-state index contributed by atoms with van der Waals surface area (Å²) in [4.78, 5) is 15.4.